The number of carbonyl (C=O) groups is 1. The van der Waals surface area contributed by atoms with Gasteiger partial charge in [-0.25, -0.2) is 0 Å². The van der Waals surface area contributed by atoms with Gasteiger partial charge in [0, 0.05) is 6.61 Å². The number of ether oxygens (including phenoxy) is 1. The van der Waals surface area contributed by atoms with E-state index in [1.54, 1.807) is 0 Å². The molecular formula is C15H20O3. The molecule has 0 unspecified atom stereocenters. The summed E-state index contributed by atoms with van der Waals surface area (Å²) in [5.41, 5.74) is 1.67. The zero-order chi connectivity index (χ0) is 13.2. The van der Waals surface area contributed by atoms with Crippen molar-refractivity contribution in [1.29, 1.82) is 0 Å². The third-order valence-corrected chi connectivity index (χ3v) is 3.66. The highest BCUT2D eigenvalue weighted by molar-refractivity contribution is 5.77. The van der Waals surface area contributed by atoms with Gasteiger partial charge in [-0.2, -0.15) is 0 Å². The van der Waals surface area contributed by atoms with Crippen LogP contribution >= 0.6 is 0 Å². The van der Waals surface area contributed by atoms with Crippen molar-refractivity contribution in [2.75, 3.05) is 6.61 Å². The molecule has 2 rings (SSSR count). The van der Waals surface area contributed by atoms with Gasteiger partial charge in [0.2, 0.25) is 0 Å². The van der Waals surface area contributed by atoms with E-state index in [4.69, 9.17) is 4.74 Å². The van der Waals surface area contributed by atoms with Crippen LogP contribution in [-0.2, 0) is 22.4 Å². The molecule has 0 fully saturated rings. The summed E-state index contributed by atoms with van der Waals surface area (Å²) in [6.07, 6.45) is 1.98. The number of rotatable bonds is 5. The van der Waals surface area contributed by atoms with Gasteiger partial charge in [-0.1, -0.05) is 24.3 Å². The second-order valence-corrected chi connectivity index (χ2v) is 5.38. The van der Waals surface area contributed by atoms with E-state index in [1.807, 2.05) is 38.1 Å². The molecule has 0 amide bonds. The van der Waals surface area contributed by atoms with Crippen molar-refractivity contribution in [3.8, 4) is 0 Å². The molecule has 98 valence electrons. The maximum Gasteiger partial charge on any atom is 0.310 e. The van der Waals surface area contributed by atoms with E-state index in [0.717, 1.165) is 0 Å². The van der Waals surface area contributed by atoms with E-state index >= 15 is 0 Å². The Kier molecular flexibility index (Phi) is 3.71. The Morgan fingerprint density at radius 1 is 1.33 bits per heavy atom. The molecule has 1 N–H and O–H groups in total. The van der Waals surface area contributed by atoms with Gasteiger partial charge in [-0.05, 0) is 44.2 Å². The molecule has 1 aliphatic rings. The minimum absolute atomic E-state index is 0.152. The van der Waals surface area contributed by atoms with Crippen LogP contribution in [0.1, 0.15) is 31.4 Å². The van der Waals surface area contributed by atoms with Gasteiger partial charge in [0.05, 0.1) is 11.5 Å². The maximum absolute atomic E-state index is 11.6. The van der Waals surface area contributed by atoms with Crippen LogP contribution in [0, 0.1) is 5.41 Å². The number of carboxylic acid groups (broad SMARTS) is 1. The largest absolute Gasteiger partial charge is 0.481 e. The van der Waals surface area contributed by atoms with E-state index in [-0.39, 0.29) is 6.10 Å². The summed E-state index contributed by atoms with van der Waals surface area (Å²) in [5, 5.41) is 9.55. The fourth-order valence-electron chi connectivity index (χ4n) is 2.62. The van der Waals surface area contributed by atoms with Crippen molar-refractivity contribution in [2.24, 2.45) is 5.41 Å². The molecule has 1 aromatic rings. The first-order valence-electron chi connectivity index (χ1n) is 6.45. The van der Waals surface area contributed by atoms with Gasteiger partial charge in [0.25, 0.3) is 0 Å². The van der Waals surface area contributed by atoms with Gasteiger partial charge < -0.3 is 9.84 Å². The second-order valence-electron chi connectivity index (χ2n) is 5.38. The summed E-state index contributed by atoms with van der Waals surface area (Å²) in [5.74, 6) is -0.703. The van der Waals surface area contributed by atoms with Crippen molar-refractivity contribution < 1.29 is 14.6 Å². The monoisotopic (exact) mass is 248 g/mol. The highest BCUT2D eigenvalue weighted by Gasteiger charge is 2.43. The first-order chi connectivity index (χ1) is 8.53. The number of hydrogen-bond acceptors (Lipinski definition) is 2. The molecule has 18 heavy (non-hydrogen) atoms. The van der Waals surface area contributed by atoms with Crippen molar-refractivity contribution >= 4 is 5.97 Å². The van der Waals surface area contributed by atoms with Crippen LogP contribution < -0.4 is 0 Å². The molecule has 0 radical (unpaired) electrons. The number of carboxylic acids is 1. The number of fused-ring (bicyclic) bond motifs is 1. The molecule has 0 saturated heterocycles. The van der Waals surface area contributed by atoms with Crippen molar-refractivity contribution in [3.63, 3.8) is 0 Å². The van der Waals surface area contributed by atoms with Crippen LogP contribution in [0.4, 0.5) is 0 Å². The van der Waals surface area contributed by atoms with Crippen molar-refractivity contribution in [1.82, 2.24) is 0 Å². The summed E-state index contributed by atoms with van der Waals surface area (Å²) in [4.78, 5) is 11.6. The minimum Gasteiger partial charge on any atom is -0.481 e. The molecular weight excluding hydrogens is 228 g/mol. The summed E-state index contributed by atoms with van der Waals surface area (Å²) in [6.45, 7) is 4.45. The maximum atomic E-state index is 11.6. The van der Waals surface area contributed by atoms with Gasteiger partial charge in [-0.3, -0.25) is 4.79 Å². The number of benzene rings is 1. The van der Waals surface area contributed by atoms with Crippen molar-refractivity contribution in [2.45, 2.75) is 39.2 Å². The smallest absolute Gasteiger partial charge is 0.310 e. The summed E-state index contributed by atoms with van der Waals surface area (Å²) in [7, 11) is 0. The summed E-state index contributed by atoms with van der Waals surface area (Å²) < 4.78 is 5.51. The van der Waals surface area contributed by atoms with Crippen LogP contribution in [0.15, 0.2) is 24.3 Å². The predicted octanol–water partition coefficient (Wildman–Crippen LogP) is 2.67. The molecule has 0 heterocycles. The first kappa shape index (κ1) is 13.1. The first-order valence-corrected chi connectivity index (χ1v) is 6.45. The topological polar surface area (TPSA) is 46.5 Å². The molecule has 0 aliphatic heterocycles. The van der Waals surface area contributed by atoms with E-state index < -0.39 is 11.4 Å². The Morgan fingerprint density at radius 3 is 2.33 bits per heavy atom. The molecule has 0 atom stereocenters. The van der Waals surface area contributed by atoms with Gasteiger partial charge in [0.15, 0.2) is 0 Å². The average molecular weight is 248 g/mol. The average Bonchev–Trinajstić information content (AvgIpc) is 2.68. The lowest BCUT2D eigenvalue weighted by Crippen LogP contribution is -2.33. The molecule has 0 bridgehead atoms. The summed E-state index contributed by atoms with van der Waals surface area (Å²) >= 11 is 0. The predicted molar refractivity (Wildman–Crippen MR) is 69.6 cm³/mol. The van der Waals surface area contributed by atoms with Gasteiger partial charge in [0.1, 0.15) is 0 Å². The van der Waals surface area contributed by atoms with Crippen LogP contribution in [-0.4, -0.2) is 23.8 Å². The van der Waals surface area contributed by atoms with Crippen LogP contribution in [0.2, 0.25) is 0 Å². The molecule has 3 heteroatoms. The fourth-order valence-corrected chi connectivity index (χ4v) is 2.62. The van der Waals surface area contributed by atoms with E-state index in [9.17, 15) is 9.90 Å². The Morgan fingerprint density at radius 2 is 1.89 bits per heavy atom. The van der Waals surface area contributed by atoms with Crippen LogP contribution in [0.25, 0.3) is 0 Å². The lowest BCUT2D eigenvalue weighted by atomic mass is 9.82. The lowest BCUT2D eigenvalue weighted by Gasteiger charge is -2.24. The third kappa shape index (κ3) is 2.56. The lowest BCUT2D eigenvalue weighted by molar-refractivity contribution is -0.150. The Labute approximate surface area is 108 Å². The second kappa shape index (κ2) is 5.11. The molecule has 0 saturated carbocycles. The van der Waals surface area contributed by atoms with E-state index in [2.05, 4.69) is 0 Å². The molecule has 3 nitrogen and oxygen atoms in total. The zero-order valence-electron chi connectivity index (χ0n) is 11.0. The van der Waals surface area contributed by atoms with Crippen molar-refractivity contribution in [3.05, 3.63) is 35.4 Å². The third-order valence-electron chi connectivity index (χ3n) is 3.66. The molecule has 0 spiro atoms. The van der Waals surface area contributed by atoms with Crippen LogP contribution in [0.3, 0.4) is 0 Å². The SMILES string of the molecule is CC(C)OCCC1(C(=O)O)Cc2ccccc2C1. The van der Waals surface area contributed by atoms with E-state index in [0.29, 0.717) is 25.9 Å². The Balaban J connectivity index is 2.10. The highest BCUT2D eigenvalue weighted by atomic mass is 16.5. The minimum atomic E-state index is -0.703. The molecule has 1 aromatic carbocycles. The number of hydrogen-bond donors (Lipinski definition) is 1. The quantitative estimate of drug-likeness (QED) is 0.871. The van der Waals surface area contributed by atoms with Crippen LogP contribution in [0.5, 0.6) is 0 Å². The standard InChI is InChI=1S/C15H20O3/c1-11(2)18-8-7-15(14(16)17)9-12-5-3-4-6-13(12)10-15/h3-6,11H,7-10H2,1-2H3,(H,16,17). The molecule has 1 aliphatic carbocycles. The molecule has 0 aromatic heterocycles. The zero-order valence-corrected chi connectivity index (χ0v) is 11.0. The Hall–Kier alpha value is -1.35. The number of aliphatic carboxylic acids is 1. The fraction of sp³-hybridized carbons (Fsp3) is 0.533. The van der Waals surface area contributed by atoms with Gasteiger partial charge in [-0.15, -0.1) is 0 Å². The normalized spacial score (nSPS) is 16.8. The highest BCUT2D eigenvalue weighted by Crippen LogP contribution is 2.40. The summed E-state index contributed by atoms with van der Waals surface area (Å²) in [6, 6.07) is 8.01. The Bertz CT molecular complexity index is 412. The van der Waals surface area contributed by atoms with Gasteiger partial charge >= 0.3 is 5.97 Å². The van der Waals surface area contributed by atoms with E-state index in [1.165, 1.54) is 11.1 Å².